The minimum atomic E-state index is 0.727. The number of hydrogen-bond donors (Lipinski definition) is 1. The maximum atomic E-state index is 5.95. The molecule has 1 heterocycles. The smallest absolute Gasteiger partial charge is 0.127 e. The van der Waals surface area contributed by atoms with Crippen LogP contribution in [0.3, 0.4) is 0 Å². The molecule has 0 aromatic heterocycles. The van der Waals surface area contributed by atoms with Crippen LogP contribution in [0.1, 0.15) is 38.2 Å². The first-order chi connectivity index (χ1) is 11.2. The van der Waals surface area contributed by atoms with Crippen molar-refractivity contribution < 1.29 is 9.64 Å². The number of benzene rings is 2. The van der Waals surface area contributed by atoms with Crippen molar-refractivity contribution in [3.05, 3.63) is 59.1 Å². The van der Waals surface area contributed by atoms with Gasteiger partial charge in [-0.15, -0.1) is 0 Å². The molecule has 0 spiro atoms. The van der Waals surface area contributed by atoms with Crippen molar-refractivity contribution in [1.82, 2.24) is 0 Å². The fraction of sp³-hybridized carbons (Fsp3) is 0.400. The largest absolute Gasteiger partial charge is 0.457 e. The third-order valence-electron chi connectivity index (χ3n) is 4.75. The lowest BCUT2D eigenvalue weighted by molar-refractivity contribution is -0.944. The second-order valence-electron chi connectivity index (χ2n) is 6.39. The number of nitrogens with one attached hydrogen (secondary N) is 1. The molecular weight excluding hydrogens is 306 g/mol. The summed E-state index contributed by atoms with van der Waals surface area (Å²) >= 11 is 5.92. The van der Waals surface area contributed by atoms with Gasteiger partial charge in [-0.05, 0) is 62.1 Å². The first-order valence-corrected chi connectivity index (χ1v) is 8.99. The molecule has 1 N–H and O–H groups in total. The lowest BCUT2D eigenvalue weighted by Crippen LogP contribution is -3.15. The highest BCUT2D eigenvalue weighted by Gasteiger charge is 2.24. The van der Waals surface area contributed by atoms with Gasteiger partial charge in [0.2, 0.25) is 0 Å². The van der Waals surface area contributed by atoms with Gasteiger partial charge in [0.1, 0.15) is 18.0 Å². The Labute approximate surface area is 144 Å². The van der Waals surface area contributed by atoms with Gasteiger partial charge in [0.25, 0.3) is 0 Å². The lowest BCUT2D eigenvalue weighted by Gasteiger charge is -2.32. The Morgan fingerprint density at radius 1 is 1.09 bits per heavy atom. The molecule has 1 saturated heterocycles. The first kappa shape index (κ1) is 16.4. The van der Waals surface area contributed by atoms with E-state index in [1.807, 2.05) is 30.3 Å². The van der Waals surface area contributed by atoms with Gasteiger partial charge in [-0.25, -0.2) is 0 Å². The van der Waals surface area contributed by atoms with Gasteiger partial charge in [0.05, 0.1) is 12.6 Å². The molecule has 3 rings (SSSR count). The van der Waals surface area contributed by atoms with Crippen molar-refractivity contribution in [2.24, 2.45) is 0 Å². The Balaban J connectivity index is 1.68. The van der Waals surface area contributed by atoms with Crippen LogP contribution in [0.5, 0.6) is 11.5 Å². The van der Waals surface area contributed by atoms with Crippen LogP contribution < -0.4 is 9.64 Å². The van der Waals surface area contributed by atoms with Crippen molar-refractivity contribution in [3.8, 4) is 11.5 Å². The average Bonchev–Trinajstić information content (AvgIpc) is 2.58. The van der Waals surface area contributed by atoms with E-state index in [4.69, 9.17) is 16.3 Å². The van der Waals surface area contributed by atoms with Crippen LogP contribution in [0.4, 0.5) is 0 Å². The van der Waals surface area contributed by atoms with E-state index < -0.39 is 0 Å². The lowest BCUT2D eigenvalue weighted by atomic mass is 9.99. The Kier molecular flexibility index (Phi) is 5.58. The van der Waals surface area contributed by atoms with Crippen LogP contribution >= 0.6 is 11.6 Å². The van der Waals surface area contributed by atoms with Crippen LogP contribution in [0.15, 0.2) is 48.5 Å². The van der Waals surface area contributed by atoms with E-state index in [0.29, 0.717) is 0 Å². The molecule has 1 fully saturated rings. The van der Waals surface area contributed by atoms with E-state index in [1.165, 1.54) is 37.8 Å². The van der Waals surface area contributed by atoms with Crippen LogP contribution in [-0.2, 0) is 6.54 Å². The summed E-state index contributed by atoms with van der Waals surface area (Å²) in [5, 5.41) is 0.727. The van der Waals surface area contributed by atoms with E-state index in [1.54, 1.807) is 4.90 Å². The minimum absolute atomic E-state index is 0.727. The SMILES string of the molecule is CC[C@@H]1CCCC[NH+]1Cc1cccc(Oc2ccc(Cl)cc2)c1. The summed E-state index contributed by atoms with van der Waals surface area (Å²) in [7, 11) is 0. The van der Waals surface area contributed by atoms with Crippen LogP contribution in [0, 0.1) is 0 Å². The number of piperidine rings is 1. The molecule has 3 heteroatoms. The molecule has 0 amide bonds. The molecule has 1 aliphatic rings. The van der Waals surface area contributed by atoms with E-state index in [0.717, 1.165) is 29.1 Å². The molecule has 0 bridgehead atoms. The zero-order chi connectivity index (χ0) is 16.1. The summed E-state index contributed by atoms with van der Waals surface area (Å²) in [6, 6.07) is 16.8. The van der Waals surface area contributed by atoms with Crippen molar-refractivity contribution in [3.63, 3.8) is 0 Å². The monoisotopic (exact) mass is 330 g/mol. The molecule has 2 nitrogen and oxygen atoms in total. The third-order valence-corrected chi connectivity index (χ3v) is 5.00. The Hall–Kier alpha value is -1.51. The normalized spacial score (nSPS) is 21.1. The molecule has 122 valence electrons. The highest BCUT2D eigenvalue weighted by Crippen LogP contribution is 2.23. The van der Waals surface area contributed by atoms with Gasteiger partial charge in [-0.1, -0.05) is 30.7 Å². The molecule has 0 radical (unpaired) electrons. The molecule has 0 aliphatic carbocycles. The van der Waals surface area contributed by atoms with Gasteiger partial charge in [0.15, 0.2) is 0 Å². The molecular formula is C20H25ClNO+. The van der Waals surface area contributed by atoms with Gasteiger partial charge in [-0.3, -0.25) is 0 Å². The molecule has 1 aliphatic heterocycles. The fourth-order valence-electron chi connectivity index (χ4n) is 3.50. The maximum absolute atomic E-state index is 5.95. The third kappa shape index (κ3) is 4.49. The van der Waals surface area contributed by atoms with Gasteiger partial charge in [-0.2, -0.15) is 0 Å². The molecule has 0 saturated carbocycles. The highest BCUT2D eigenvalue weighted by atomic mass is 35.5. The Bertz CT molecular complexity index is 626. The summed E-state index contributed by atoms with van der Waals surface area (Å²) in [6.45, 7) is 4.70. The van der Waals surface area contributed by atoms with E-state index in [9.17, 15) is 0 Å². The number of quaternary nitrogens is 1. The molecule has 2 atom stereocenters. The number of rotatable bonds is 5. The Morgan fingerprint density at radius 3 is 2.70 bits per heavy atom. The summed E-state index contributed by atoms with van der Waals surface area (Å²) in [4.78, 5) is 1.72. The van der Waals surface area contributed by atoms with Gasteiger partial charge >= 0.3 is 0 Å². The van der Waals surface area contributed by atoms with Crippen molar-refractivity contribution in [2.45, 2.75) is 45.2 Å². The summed E-state index contributed by atoms with van der Waals surface area (Å²) in [6.07, 6.45) is 5.39. The maximum Gasteiger partial charge on any atom is 0.127 e. The highest BCUT2D eigenvalue weighted by molar-refractivity contribution is 6.30. The van der Waals surface area contributed by atoms with Crippen molar-refractivity contribution in [2.75, 3.05) is 6.54 Å². The second-order valence-corrected chi connectivity index (χ2v) is 6.83. The van der Waals surface area contributed by atoms with Gasteiger partial charge < -0.3 is 9.64 Å². The second kappa shape index (κ2) is 7.85. The molecule has 2 aromatic carbocycles. The summed E-state index contributed by atoms with van der Waals surface area (Å²) in [5.74, 6) is 1.72. The fourth-order valence-corrected chi connectivity index (χ4v) is 3.62. The summed E-state index contributed by atoms with van der Waals surface area (Å²) in [5.41, 5.74) is 1.35. The number of hydrogen-bond acceptors (Lipinski definition) is 1. The quantitative estimate of drug-likeness (QED) is 0.853. The topological polar surface area (TPSA) is 13.7 Å². The van der Waals surface area contributed by atoms with E-state index in [-0.39, 0.29) is 0 Å². The summed E-state index contributed by atoms with van der Waals surface area (Å²) < 4.78 is 5.95. The van der Waals surface area contributed by atoms with E-state index >= 15 is 0 Å². The molecule has 23 heavy (non-hydrogen) atoms. The number of likely N-dealkylation sites (tertiary alicyclic amines) is 1. The van der Waals surface area contributed by atoms with Crippen molar-refractivity contribution >= 4 is 11.6 Å². The zero-order valence-corrected chi connectivity index (χ0v) is 14.5. The molecule has 1 unspecified atom stereocenters. The molecule has 2 aromatic rings. The predicted molar refractivity (Wildman–Crippen MR) is 95.4 cm³/mol. The zero-order valence-electron chi connectivity index (χ0n) is 13.7. The standard InChI is InChI=1S/C20H24ClNO/c1-2-18-7-3-4-13-22(18)15-16-6-5-8-20(14-16)23-19-11-9-17(21)10-12-19/h5-6,8-12,14,18H,2-4,7,13,15H2,1H3/p+1/t18-/m1/s1. The van der Waals surface area contributed by atoms with E-state index in [2.05, 4.69) is 25.1 Å². The minimum Gasteiger partial charge on any atom is -0.457 e. The first-order valence-electron chi connectivity index (χ1n) is 8.61. The number of halogens is 1. The van der Waals surface area contributed by atoms with Crippen LogP contribution in [0.25, 0.3) is 0 Å². The Morgan fingerprint density at radius 2 is 1.91 bits per heavy atom. The van der Waals surface area contributed by atoms with Gasteiger partial charge in [0, 0.05) is 10.6 Å². The predicted octanol–water partition coefficient (Wildman–Crippen LogP) is 4.48. The average molecular weight is 331 g/mol. The van der Waals surface area contributed by atoms with Crippen LogP contribution in [0.2, 0.25) is 5.02 Å². The van der Waals surface area contributed by atoms with Crippen molar-refractivity contribution in [1.29, 1.82) is 0 Å². The number of ether oxygens (including phenoxy) is 1. The van der Waals surface area contributed by atoms with Crippen LogP contribution in [-0.4, -0.2) is 12.6 Å².